The summed E-state index contributed by atoms with van der Waals surface area (Å²) in [5.41, 5.74) is 0.386. The van der Waals surface area contributed by atoms with Crippen LogP contribution in [0.15, 0.2) is 48.6 Å². The number of halogens is 1. The molecule has 0 fully saturated rings. The van der Waals surface area contributed by atoms with Crippen molar-refractivity contribution in [3.63, 3.8) is 0 Å². The van der Waals surface area contributed by atoms with Gasteiger partial charge in [0, 0.05) is 0 Å². The Hall–Kier alpha value is -2.23. The molecule has 1 aliphatic rings. The lowest BCUT2D eigenvalue weighted by molar-refractivity contribution is 0.181. The van der Waals surface area contributed by atoms with E-state index < -0.39 is 11.0 Å². The molecule has 2 unspecified atom stereocenters. The second-order valence-electron chi connectivity index (χ2n) is 3.76. The van der Waals surface area contributed by atoms with Crippen molar-refractivity contribution < 1.29 is 4.74 Å². The van der Waals surface area contributed by atoms with Gasteiger partial charge in [-0.15, -0.1) is 0 Å². The molecule has 0 bridgehead atoms. The normalized spacial score (nSPS) is 25.2. The van der Waals surface area contributed by atoms with E-state index in [0.717, 1.165) is 0 Å². The van der Waals surface area contributed by atoms with E-state index in [1.807, 2.05) is 6.07 Å². The number of alkyl halides is 1. The predicted molar refractivity (Wildman–Crippen MR) is 67.8 cm³/mol. The van der Waals surface area contributed by atoms with Gasteiger partial charge in [0.05, 0.1) is 11.6 Å². The van der Waals surface area contributed by atoms with Crippen molar-refractivity contribution in [2.24, 2.45) is 5.92 Å². The number of hydrogen-bond acceptors (Lipinski definition) is 3. The molecule has 2 rings (SSSR count). The highest BCUT2D eigenvalue weighted by molar-refractivity contribution is 6.25. The van der Waals surface area contributed by atoms with E-state index in [9.17, 15) is 0 Å². The zero-order valence-corrected chi connectivity index (χ0v) is 10.1. The van der Waals surface area contributed by atoms with Crippen molar-refractivity contribution >= 4 is 11.6 Å². The number of benzene rings is 1. The topological polar surface area (TPSA) is 56.8 Å². The van der Waals surface area contributed by atoms with Gasteiger partial charge in [0.1, 0.15) is 17.7 Å². The lowest BCUT2D eigenvalue weighted by Crippen LogP contribution is -2.35. The Morgan fingerprint density at radius 2 is 2.00 bits per heavy atom. The van der Waals surface area contributed by atoms with Crippen LogP contribution >= 0.6 is 11.6 Å². The first-order chi connectivity index (χ1) is 8.69. The highest BCUT2D eigenvalue weighted by Crippen LogP contribution is 2.35. The third kappa shape index (κ3) is 2.22. The number of nitriles is 2. The van der Waals surface area contributed by atoms with E-state index in [1.54, 1.807) is 48.6 Å². The molecule has 0 aromatic heterocycles. The monoisotopic (exact) mass is 256 g/mol. The lowest BCUT2D eigenvalue weighted by atomic mass is 9.98. The van der Waals surface area contributed by atoms with Crippen LogP contribution in [0.1, 0.15) is 5.56 Å². The van der Waals surface area contributed by atoms with Gasteiger partial charge in [-0.3, -0.25) is 0 Å². The summed E-state index contributed by atoms with van der Waals surface area (Å²) < 4.78 is 5.65. The van der Waals surface area contributed by atoms with Crippen molar-refractivity contribution in [3.05, 3.63) is 54.1 Å². The minimum Gasteiger partial charge on any atom is -0.465 e. The highest BCUT2D eigenvalue weighted by Gasteiger charge is 2.37. The standard InChI is InChI=1S/C14H9ClN2O/c15-14(8-4-3-6-12(14)10-17)18-13-7-2-1-5-11(13)9-16/h1-8,12H. The first-order valence-corrected chi connectivity index (χ1v) is 5.70. The number of hydrogen-bond donors (Lipinski definition) is 0. The van der Waals surface area contributed by atoms with Crippen LogP contribution in [-0.2, 0) is 0 Å². The fraction of sp³-hybridized carbons (Fsp3) is 0.143. The molecular weight excluding hydrogens is 248 g/mol. The van der Waals surface area contributed by atoms with Crippen LogP contribution in [0.3, 0.4) is 0 Å². The molecule has 0 aliphatic heterocycles. The third-order valence-electron chi connectivity index (χ3n) is 2.58. The van der Waals surface area contributed by atoms with Gasteiger partial charge in [0.25, 0.3) is 0 Å². The van der Waals surface area contributed by atoms with Gasteiger partial charge in [-0.05, 0) is 18.2 Å². The molecule has 1 aromatic rings. The Kier molecular flexibility index (Phi) is 3.37. The van der Waals surface area contributed by atoms with Gasteiger partial charge in [-0.25, -0.2) is 0 Å². The Labute approximate surface area is 110 Å². The molecule has 1 aromatic carbocycles. The number of allylic oxidation sites excluding steroid dienone is 2. The average molecular weight is 257 g/mol. The van der Waals surface area contributed by atoms with Crippen molar-refractivity contribution in [2.75, 3.05) is 0 Å². The molecule has 0 amide bonds. The summed E-state index contributed by atoms with van der Waals surface area (Å²) in [5, 5.41) is 16.8. The van der Waals surface area contributed by atoms with Gasteiger partial charge >= 0.3 is 0 Å². The molecule has 1 aliphatic carbocycles. The Bertz CT molecular complexity index is 595. The molecule has 0 heterocycles. The second-order valence-corrected chi connectivity index (χ2v) is 4.35. The van der Waals surface area contributed by atoms with E-state index in [4.69, 9.17) is 26.9 Å². The van der Waals surface area contributed by atoms with Crippen LogP contribution < -0.4 is 4.74 Å². The maximum atomic E-state index is 9.07. The molecule has 2 atom stereocenters. The van der Waals surface area contributed by atoms with Gasteiger partial charge in [0.15, 0.2) is 0 Å². The summed E-state index contributed by atoms with van der Waals surface area (Å²) in [6.45, 7) is 0. The van der Waals surface area contributed by atoms with Crippen LogP contribution in [0, 0.1) is 28.6 Å². The SMILES string of the molecule is N#Cc1ccccc1OC1(Cl)C=CC=CC1C#N. The largest absolute Gasteiger partial charge is 0.465 e. The van der Waals surface area contributed by atoms with E-state index in [2.05, 4.69) is 6.07 Å². The zero-order valence-electron chi connectivity index (χ0n) is 9.38. The van der Waals surface area contributed by atoms with Gasteiger partial charge in [-0.1, -0.05) is 42.0 Å². The number of ether oxygens (including phenoxy) is 1. The fourth-order valence-corrected chi connectivity index (χ4v) is 1.92. The summed E-state index contributed by atoms with van der Waals surface area (Å²) in [7, 11) is 0. The summed E-state index contributed by atoms with van der Waals surface area (Å²) in [5.74, 6) is -0.230. The Balaban J connectivity index is 2.34. The molecule has 3 nitrogen and oxygen atoms in total. The third-order valence-corrected chi connectivity index (χ3v) is 3.01. The van der Waals surface area contributed by atoms with Crippen molar-refractivity contribution in [1.29, 1.82) is 10.5 Å². The molecule has 18 heavy (non-hydrogen) atoms. The maximum absolute atomic E-state index is 9.07. The maximum Gasteiger partial charge on any atom is 0.220 e. The minimum atomic E-state index is -1.27. The Morgan fingerprint density at radius 1 is 1.22 bits per heavy atom. The molecule has 0 saturated carbocycles. The van der Waals surface area contributed by atoms with Crippen LogP contribution in [0.2, 0.25) is 0 Å². The summed E-state index contributed by atoms with van der Waals surface area (Å²) in [4.78, 5) is 0. The quantitative estimate of drug-likeness (QED) is 0.764. The van der Waals surface area contributed by atoms with E-state index in [1.165, 1.54) is 0 Å². The van der Waals surface area contributed by atoms with Crippen molar-refractivity contribution in [2.45, 2.75) is 5.06 Å². The average Bonchev–Trinajstić information content (AvgIpc) is 2.39. The molecular formula is C14H9ClN2O. The predicted octanol–water partition coefficient (Wildman–Crippen LogP) is 3.14. The second kappa shape index (κ2) is 4.96. The molecule has 0 radical (unpaired) electrons. The molecule has 0 saturated heterocycles. The van der Waals surface area contributed by atoms with Gasteiger partial charge < -0.3 is 4.74 Å². The highest BCUT2D eigenvalue weighted by atomic mass is 35.5. The molecule has 88 valence electrons. The number of nitrogens with zero attached hydrogens (tertiary/aromatic N) is 2. The number of para-hydroxylation sites is 1. The van der Waals surface area contributed by atoms with E-state index >= 15 is 0 Å². The first kappa shape index (κ1) is 12.2. The smallest absolute Gasteiger partial charge is 0.220 e. The minimum absolute atomic E-state index is 0.371. The van der Waals surface area contributed by atoms with Crippen LogP contribution in [0.5, 0.6) is 5.75 Å². The first-order valence-electron chi connectivity index (χ1n) is 5.32. The summed E-state index contributed by atoms with van der Waals surface area (Å²) in [6.07, 6.45) is 6.74. The fourth-order valence-electron chi connectivity index (χ4n) is 1.64. The van der Waals surface area contributed by atoms with Crippen molar-refractivity contribution in [3.8, 4) is 17.9 Å². The van der Waals surface area contributed by atoms with Gasteiger partial charge in [0.2, 0.25) is 5.06 Å². The van der Waals surface area contributed by atoms with Crippen LogP contribution in [-0.4, -0.2) is 5.06 Å². The summed E-state index contributed by atoms with van der Waals surface area (Å²) >= 11 is 6.31. The lowest BCUT2D eigenvalue weighted by Gasteiger charge is -2.29. The molecule has 0 spiro atoms. The summed E-state index contributed by atoms with van der Waals surface area (Å²) in [6, 6.07) is 10.9. The molecule has 4 heteroatoms. The molecule has 0 N–H and O–H groups in total. The Morgan fingerprint density at radius 3 is 2.72 bits per heavy atom. The van der Waals surface area contributed by atoms with E-state index in [0.29, 0.717) is 11.3 Å². The van der Waals surface area contributed by atoms with Crippen molar-refractivity contribution in [1.82, 2.24) is 0 Å². The zero-order chi connectivity index (χ0) is 13.0. The van der Waals surface area contributed by atoms with E-state index in [-0.39, 0.29) is 0 Å². The van der Waals surface area contributed by atoms with Gasteiger partial charge in [-0.2, -0.15) is 10.5 Å². The van der Waals surface area contributed by atoms with Crippen LogP contribution in [0.25, 0.3) is 0 Å². The van der Waals surface area contributed by atoms with Crippen LogP contribution in [0.4, 0.5) is 0 Å². The number of rotatable bonds is 2.